The summed E-state index contributed by atoms with van der Waals surface area (Å²) in [6.07, 6.45) is 3.85. The normalized spacial score (nSPS) is 31.6. The molecular formula is C21H32N2O2. The summed E-state index contributed by atoms with van der Waals surface area (Å²) in [7, 11) is 0. The van der Waals surface area contributed by atoms with E-state index in [9.17, 15) is 5.11 Å². The summed E-state index contributed by atoms with van der Waals surface area (Å²) in [6.45, 7) is 8.97. The fraction of sp³-hybridized carbons (Fsp3) is 0.714. The zero-order chi connectivity index (χ0) is 17.4. The van der Waals surface area contributed by atoms with Crippen LogP contribution in [0.15, 0.2) is 24.3 Å². The van der Waals surface area contributed by atoms with Crippen molar-refractivity contribution in [1.82, 2.24) is 5.32 Å². The third kappa shape index (κ3) is 3.20. The summed E-state index contributed by atoms with van der Waals surface area (Å²) in [6, 6.07) is 9.59. The Morgan fingerprint density at radius 1 is 1.16 bits per heavy atom. The number of ether oxygens (including phenoxy) is 1. The van der Waals surface area contributed by atoms with Crippen molar-refractivity contribution in [2.75, 3.05) is 31.2 Å². The smallest absolute Gasteiger partial charge is 0.0685 e. The second-order valence-corrected chi connectivity index (χ2v) is 8.70. The van der Waals surface area contributed by atoms with Crippen molar-refractivity contribution < 1.29 is 9.84 Å². The zero-order valence-corrected chi connectivity index (χ0v) is 15.6. The van der Waals surface area contributed by atoms with Crippen LogP contribution in [0.2, 0.25) is 0 Å². The van der Waals surface area contributed by atoms with Crippen LogP contribution in [0.1, 0.15) is 38.7 Å². The number of fused-ring (bicyclic) bond motifs is 1. The lowest BCUT2D eigenvalue weighted by atomic mass is 9.57. The summed E-state index contributed by atoms with van der Waals surface area (Å²) < 4.78 is 5.89. The van der Waals surface area contributed by atoms with Gasteiger partial charge in [0, 0.05) is 55.9 Å². The Hall–Kier alpha value is -1.10. The number of aliphatic hydroxyl groups is 1. The van der Waals surface area contributed by atoms with Crippen LogP contribution >= 0.6 is 0 Å². The minimum Gasteiger partial charge on any atom is -0.396 e. The molecule has 3 aliphatic rings. The summed E-state index contributed by atoms with van der Waals surface area (Å²) >= 11 is 0. The largest absolute Gasteiger partial charge is 0.396 e. The predicted molar refractivity (Wildman–Crippen MR) is 101 cm³/mol. The highest BCUT2D eigenvalue weighted by molar-refractivity contribution is 5.48. The number of nitrogens with one attached hydrogen (secondary N) is 1. The Morgan fingerprint density at radius 3 is 2.56 bits per heavy atom. The van der Waals surface area contributed by atoms with Crippen molar-refractivity contribution >= 4 is 5.69 Å². The number of aliphatic hydroxyl groups excluding tert-OH is 1. The van der Waals surface area contributed by atoms with Crippen LogP contribution < -0.4 is 10.2 Å². The fourth-order valence-corrected chi connectivity index (χ4v) is 5.16. The second kappa shape index (κ2) is 6.90. The quantitative estimate of drug-likeness (QED) is 0.862. The standard InChI is InChI=1S/C21H32N2O2/c1-21(2)19(18-9-12-25-20(18)21)22-13-15-3-5-17(6-4-15)23-10-7-16(14-24)8-11-23/h3-6,16,18-20,22,24H,7-14H2,1-2H3. The highest BCUT2D eigenvalue weighted by Crippen LogP contribution is 2.52. The van der Waals surface area contributed by atoms with Gasteiger partial charge in [-0.2, -0.15) is 0 Å². The zero-order valence-electron chi connectivity index (χ0n) is 15.6. The van der Waals surface area contributed by atoms with Crippen LogP contribution in [0, 0.1) is 17.3 Å². The Kier molecular flexibility index (Phi) is 4.78. The lowest BCUT2D eigenvalue weighted by molar-refractivity contribution is -0.113. The van der Waals surface area contributed by atoms with E-state index in [0.29, 0.717) is 30.6 Å². The maximum absolute atomic E-state index is 9.27. The van der Waals surface area contributed by atoms with Gasteiger partial charge >= 0.3 is 0 Å². The lowest BCUT2D eigenvalue weighted by Gasteiger charge is -2.55. The average Bonchev–Trinajstić information content (AvgIpc) is 3.09. The van der Waals surface area contributed by atoms with E-state index in [0.717, 1.165) is 39.1 Å². The Balaban J connectivity index is 1.31. The van der Waals surface area contributed by atoms with E-state index in [1.807, 2.05) is 0 Å². The van der Waals surface area contributed by atoms with E-state index in [1.165, 1.54) is 17.7 Å². The van der Waals surface area contributed by atoms with Crippen molar-refractivity contribution in [1.29, 1.82) is 0 Å². The van der Waals surface area contributed by atoms with Gasteiger partial charge in [0.25, 0.3) is 0 Å². The number of piperidine rings is 1. The molecule has 3 fully saturated rings. The fourth-order valence-electron chi connectivity index (χ4n) is 5.16. The Labute approximate surface area is 151 Å². The molecule has 25 heavy (non-hydrogen) atoms. The van der Waals surface area contributed by atoms with Crippen LogP contribution in [0.25, 0.3) is 0 Å². The second-order valence-electron chi connectivity index (χ2n) is 8.70. The molecule has 4 nitrogen and oxygen atoms in total. The van der Waals surface area contributed by atoms with Crippen molar-refractivity contribution in [2.24, 2.45) is 17.3 Å². The third-order valence-electron chi connectivity index (χ3n) is 6.80. The van der Waals surface area contributed by atoms with E-state index in [1.54, 1.807) is 0 Å². The van der Waals surface area contributed by atoms with E-state index < -0.39 is 0 Å². The minimum absolute atomic E-state index is 0.248. The van der Waals surface area contributed by atoms with Gasteiger partial charge in [-0.05, 0) is 42.9 Å². The van der Waals surface area contributed by atoms with Gasteiger partial charge < -0.3 is 20.1 Å². The van der Waals surface area contributed by atoms with E-state index in [2.05, 4.69) is 48.3 Å². The van der Waals surface area contributed by atoms with Gasteiger partial charge in [0.1, 0.15) is 0 Å². The first-order valence-corrected chi connectivity index (χ1v) is 9.89. The first kappa shape index (κ1) is 17.3. The van der Waals surface area contributed by atoms with Gasteiger partial charge in [-0.1, -0.05) is 26.0 Å². The van der Waals surface area contributed by atoms with Crippen molar-refractivity contribution in [2.45, 2.75) is 51.8 Å². The molecule has 1 aromatic rings. The Bertz CT molecular complexity index is 578. The minimum atomic E-state index is 0.248. The molecule has 2 aliphatic heterocycles. The number of anilines is 1. The van der Waals surface area contributed by atoms with Gasteiger partial charge in [0.05, 0.1) is 6.10 Å². The number of hydrogen-bond donors (Lipinski definition) is 2. The molecule has 0 radical (unpaired) electrons. The average molecular weight is 344 g/mol. The van der Waals surface area contributed by atoms with E-state index in [4.69, 9.17) is 4.74 Å². The molecule has 138 valence electrons. The Morgan fingerprint density at radius 2 is 1.88 bits per heavy atom. The molecule has 2 heterocycles. The molecule has 1 aliphatic carbocycles. The number of benzene rings is 1. The summed E-state index contributed by atoms with van der Waals surface area (Å²) in [4.78, 5) is 2.44. The number of nitrogens with zero attached hydrogens (tertiary/aromatic N) is 1. The van der Waals surface area contributed by atoms with Crippen molar-refractivity contribution in [3.05, 3.63) is 29.8 Å². The molecule has 2 N–H and O–H groups in total. The molecule has 1 saturated carbocycles. The molecule has 2 saturated heterocycles. The molecule has 1 aromatic carbocycles. The molecule has 0 amide bonds. The summed E-state index contributed by atoms with van der Waals surface area (Å²) in [5.41, 5.74) is 2.92. The van der Waals surface area contributed by atoms with Crippen molar-refractivity contribution in [3.8, 4) is 0 Å². The highest BCUT2D eigenvalue weighted by atomic mass is 16.5. The first-order chi connectivity index (χ1) is 12.1. The topological polar surface area (TPSA) is 44.7 Å². The van der Waals surface area contributed by atoms with Gasteiger partial charge in [-0.3, -0.25) is 0 Å². The number of hydrogen-bond acceptors (Lipinski definition) is 4. The molecule has 0 bridgehead atoms. The molecule has 3 atom stereocenters. The van der Waals surface area contributed by atoms with Crippen LogP contribution in [-0.2, 0) is 11.3 Å². The van der Waals surface area contributed by atoms with Crippen molar-refractivity contribution in [3.63, 3.8) is 0 Å². The predicted octanol–water partition coefficient (Wildman–Crippen LogP) is 2.80. The van der Waals surface area contributed by atoms with Crippen LogP contribution in [0.3, 0.4) is 0 Å². The maximum Gasteiger partial charge on any atom is 0.0685 e. The van der Waals surface area contributed by atoms with Gasteiger partial charge in [0.2, 0.25) is 0 Å². The summed E-state index contributed by atoms with van der Waals surface area (Å²) in [5, 5.41) is 13.1. The monoisotopic (exact) mass is 344 g/mol. The molecule has 0 spiro atoms. The van der Waals surface area contributed by atoms with E-state index >= 15 is 0 Å². The number of rotatable bonds is 5. The SMILES string of the molecule is CC1(C)C(NCc2ccc(N3CCC(CO)CC3)cc2)C2CCOC21. The highest BCUT2D eigenvalue weighted by Gasteiger charge is 2.58. The maximum atomic E-state index is 9.27. The third-order valence-corrected chi connectivity index (χ3v) is 6.80. The molecule has 4 rings (SSSR count). The van der Waals surface area contributed by atoms with Crippen LogP contribution in [0.4, 0.5) is 5.69 Å². The van der Waals surface area contributed by atoms with E-state index in [-0.39, 0.29) is 5.41 Å². The molecule has 3 unspecified atom stereocenters. The molecular weight excluding hydrogens is 312 g/mol. The van der Waals surface area contributed by atoms with Gasteiger partial charge in [-0.15, -0.1) is 0 Å². The van der Waals surface area contributed by atoms with Crippen LogP contribution in [0.5, 0.6) is 0 Å². The van der Waals surface area contributed by atoms with Crippen LogP contribution in [-0.4, -0.2) is 43.6 Å². The summed E-state index contributed by atoms with van der Waals surface area (Å²) in [5.74, 6) is 1.19. The first-order valence-electron chi connectivity index (χ1n) is 9.89. The molecule has 4 heteroatoms. The molecule has 0 aromatic heterocycles. The van der Waals surface area contributed by atoms with Gasteiger partial charge in [-0.25, -0.2) is 0 Å². The van der Waals surface area contributed by atoms with Gasteiger partial charge in [0.15, 0.2) is 0 Å². The lowest BCUT2D eigenvalue weighted by Crippen LogP contribution is -2.65.